The minimum Gasteiger partial charge on any atom is -0.399 e. The molecular weight excluding hydrogens is 385 g/mol. The van der Waals surface area contributed by atoms with Gasteiger partial charge in [-0.25, -0.2) is 0 Å². The van der Waals surface area contributed by atoms with Crippen LogP contribution in [0.25, 0.3) is 28.4 Å². The maximum Gasteiger partial charge on any atom is 0.494 e. The molecule has 1 aliphatic heterocycles. The SMILES string of the molecule is CC1(C)OB(c2ccc(-c3nc(-c4ccccc4)nc4cccc[n+]34)cc2)OC1(C)C. The number of benzene rings is 2. The van der Waals surface area contributed by atoms with Crippen LogP contribution < -0.4 is 9.86 Å². The molecule has 0 saturated carbocycles. The fraction of sp³-hybridized carbons (Fsp3) is 0.240. The smallest absolute Gasteiger partial charge is 0.399 e. The second-order valence-corrected chi connectivity index (χ2v) is 8.88. The normalized spacial score (nSPS) is 17.2. The summed E-state index contributed by atoms with van der Waals surface area (Å²) in [5, 5.41) is 0. The molecule has 0 atom stereocenters. The highest BCUT2D eigenvalue weighted by molar-refractivity contribution is 6.62. The molecule has 5 nitrogen and oxygen atoms in total. The summed E-state index contributed by atoms with van der Waals surface area (Å²) in [5.41, 5.74) is 3.11. The van der Waals surface area contributed by atoms with Gasteiger partial charge in [-0.3, -0.25) is 0 Å². The van der Waals surface area contributed by atoms with Crippen molar-refractivity contribution in [3.63, 3.8) is 0 Å². The topological polar surface area (TPSA) is 48.3 Å². The van der Waals surface area contributed by atoms with E-state index in [0.29, 0.717) is 5.82 Å². The molecule has 0 unspecified atom stereocenters. The average molecular weight is 410 g/mol. The van der Waals surface area contributed by atoms with Crippen molar-refractivity contribution >= 4 is 18.2 Å². The van der Waals surface area contributed by atoms with Gasteiger partial charge in [0.2, 0.25) is 0 Å². The van der Waals surface area contributed by atoms with E-state index >= 15 is 0 Å². The summed E-state index contributed by atoms with van der Waals surface area (Å²) in [6.07, 6.45) is 1.99. The highest BCUT2D eigenvalue weighted by Crippen LogP contribution is 2.36. The monoisotopic (exact) mass is 410 g/mol. The van der Waals surface area contributed by atoms with Crippen LogP contribution in [0.15, 0.2) is 79.0 Å². The van der Waals surface area contributed by atoms with E-state index in [2.05, 4.69) is 52.0 Å². The van der Waals surface area contributed by atoms with E-state index in [0.717, 1.165) is 28.1 Å². The van der Waals surface area contributed by atoms with E-state index in [1.165, 1.54) is 0 Å². The van der Waals surface area contributed by atoms with Gasteiger partial charge in [0.15, 0.2) is 0 Å². The van der Waals surface area contributed by atoms with E-state index in [1.54, 1.807) is 0 Å². The zero-order valence-corrected chi connectivity index (χ0v) is 18.2. The summed E-state index contributed by atoms with van der Waals surface area (Å²) >= 11 is 0. The third-order valence-corrected chi connectivity index (χ3v) is 6.23. The minimum atomic E-state index is -0.381. The zero-order chi connectivity index (χ0) is 21.6. The van der Waals surface area contributed by atoms with Gasteiger partial charge in [0.05, 0.1) is 28.5 Å². The summed E-state index contributed by atoms with van der Waals surface area (Å²) < 4.78 is 14.4. The standard InChI is InChI=1S/C25H25BN3O2/c1-24(2)25(3,4)31-26(30-24)20-15-13-19(14-16-20)23-28-22(18-10-6-5-7-11-18)27-21-12-8-9-17-29(21)23/h5-17H,1-4H3/q+1. The Morgan fingerprint density at radius 3 is 2.03 bits per heavy atom. The first-order valence-electron chi connectivity index (χ1n) is 10.5. The van der Waals surface area contributed by atoms with E-state index < -0.39 is 0 Å². The molecule has 31 heavy (non-hydrogen) atoms. The second-order valence-electron chi connectivity index (χ2n) is 8.88. The Bertz CT molecular complexity index is 1220. The van der Waals surface area contributed by atoms with Gasteiger partial charge in [0.1, 0.15) is 0 Å². The largest absolute Gasteiger partial charge is 0.494 e. The van der Waals surface area contributed by atoms with Crippen molar-refractivity contribution in [3.05, 3.63) is 79.0 Å². The summed E-state index contributed by atoms with van der Waals surface area (Å²) in [5.74, 6) is 1.54. The predicted molar refractivity (Wildman–Crippen MR) is 122 cm³/mol. The molecule has 2 aromatic heterocycles. The summed E-state index contributed by atoms with van der Waals surface area (Å²) in [7, 11) is -0.381. The van der Waals surface area contributed by atoms with E-state index in [-0.39, 0.29) is 18.3 Å². The van der Waals surface area contributed by atoms with Gasteiger partial charge in [0.25, 0.3) is 11.5 Å². The Morgan fingerprint density at radius 2 is 1.35 bits per heavy atom. The van der Waals surface area contributed by atoms with Crippen LogP contribution in [-0.4, -0.2) is 28.3 Å². The van der Waals surface area contributed by atoms with Crippen molar-refractivity contribution < 1.29 is 13.7 Å². The molecule has 2 aromatic carbocycles. The van der Waals surface area contributed by atoms with Crippen LogP contribution in [0.2, 0.25) is 0 Å². The molecule has 0 radical (unpaired) electrons. The van der Waals surface area contributed by atoms with Crippen LogP contribution in [0.4, 0.5) is 0 Å². The number of hydrogen-bond donors (Lipinski definition) is 0. The molecule has 6 heteroatoms. The minimum absolute atomic E-state index is 0.361. The van der Waals surface area contributed by atoms with Crippen molar-refractivity contribution in [2.75, 3.05) is 0 Å². The number of rotatable bonds is 3. The van der Waals surface area contributed by atoms with Gasteiger partial charge in [0, 0.05) is 6.07 Å². The molecule has 0 aliphatic carbocycles. The van der Waals surface area contributed by atoms with Crippen molar-refractivity contribution in [1.82, 2.24) is 9.97 Å². The number of nitrogens with zero attached hydrogens (tertiary/aromatic N) is 3. The molecule has 1 aliphatic rings. The molecule has 0 spiro atoms. The lowest BCUT2D eigenvalue weighted by molar-refractivity contribution is -0.505. The molecule has 1 saturated heterocycles. The molecule has 5 rings (SSSR count). The fourth-order valence-corrected chi connectivity index (χ4v) is 3.68. The van der Waals surface area contributed by atoms with Gasteiger partial charge in [-0.1, -0.05) is 46.4 Å². The molecule has 4 aromatic rings. The Kier molecular flexibility index (Phi) is 4.65. The maximum absolute atomic E-state index is 6.19. The van der Waals surface area contributed by atoms with Crippen molar-refractivity contribution in [3.8, 4) is 22.8 Å². The number of aromatic nitrogens is 3. The predicted octanol–water partition coefficient (Wildman–Crippen LogP) is 3.85. The third-order valence-electron chi connectivity index (χ3n) is 6.23. The van der Waals surface area contributed by atoms with Crippen molar-refractivity contribution in [1.29, 1.82) is 0 Å². The summed E-state index contributed by atoms with van der Waals surface area (Å²) in [4.78, 5) is 9.66. The van der Waals surface area contributed by atoms with Gasteiger partial charge in [-0.15, -0.1) is 0 Å². The number of hydrogen-bond acceptors (Lipinski definition) is 4. The molecule has 154 valence electrons. The van der Waals surface area contributed by atoms with Crippen LogP contribution >= 0.6 is 0 Å². The quantitative estimate of drug-likeness (QED) is 0.380. The van der Waals surface area contributed by atoms with Crippen LogP contribution in [0.1, 0.15) is 27.7 Å². The van der Waals surface area contributed by atoms with E-state index in [1.807, 2.05) is 59.1 Å². The van der Waals surface area contributed by atoms with Crippen LogP contribution in [-0.2, 0) is 9.31 Å². The van der Waals surface area contributed by atoms with E-state index in [4.69, 9.17) is 19.3 Å². The first-order valence-corrected chi connectivity index (χ1v) is 10.5. The average Bonchev–Trinajstić information content (AvgIpc) is 3.00. The lowest BCUT2D eigenvalue weighted by Gasteiger charge is -2.32. The Balaban J connectivity index is 1.55. The molecule has 0 amide bonds. The molecular formula is C25H25BN3O2+. The summed E-state index contributed by atoms with van der Waals surface area (Å²) in [6, 6.07) is 24.3. The zero-order valence-electron chi connectivity index (χ0n) is 18.2. The second kappa shape index (κ2) is 7.25. The van der Waals surface area contributed by atoms with Gasteiger partial charge in [-0.05, 0) is 63.5 Å². The van der Waals surface area contributed by atoms with Crippen LogP contribution in [0, 0.1) is 0 Å². The number of pyridine rings is 1. The molecule has 0 bridgehead atoms. The van der Waals surface area contributed by atoms with E-state index in [9.17, 15) is 0 Å². The highest BCUT2D eigenvalue weighted by Gasteiger charge is 2.51. The fourth-order valence-electron chi connectivity index (χ4n) is 3.68. The van der Waals surface area contributed by atoms with Gasteiger partial charge < -0.3 is 9.31 Å². The lowest BCUT2D eigenvalue weighted by atomic mass is 9.79. The third kappa shape index (κ3) is 3.52. The van der Waals surface area contributed by atoms with Gasteiger partial charge in [-0.2, -0.15) is 4.40 Å². The van der Waals surface area contributed by atoms with Gasteiger partial charge >= 0.3 is 12.9 Å². The molecule has 0 N–H and O–H groups in total. The Hall–Kier alpha value is -3.09. The molecule has 3 heterocycles. The van der Waals surface area contributed by atoms with Crippen molar-refractivity contribution in [2.24, 2.45) is 0 Å². The van der Waals surface area contributed by atoms with Crippen molar-refractivity contribution in [2.45, 2.75) is 38.9 Å². The Labute approximate surface area is 182 Å². The molecule has 1 fully saturated rings. The Morgan fingerprint density at radius 1 is 0.710 bits per heavy atom. The number of fused-ring (bicyclic) bond motifs is 1. The van der Waals surface area contributed by atoms with Crippen LogP contribution in [0.3, 0.4) is 0 Å². The first-order chi connectivity index (χ1) is 14.8. The highest BCUT2D eigenvalue weighted by atomic mass is 16.7. The first kappa shape index (κ1) is 19.9. The summed E-state index contributed by atoms with van der Waals surface area (Å²) in [6.45, 7) is 8.26. The maximum atomic E-state index is 6.19. The van der Waals surface area contributed by atoms with Crippen LogP contribution in [0.5, 0.6) is 0 Å². The lowest BCUT2D eigenvalue weighted by Crippen LogP contribution is -2.41.